The minimum Gasteiger partial charge on any atom is -0.436 e. The highest BCUT2D eigenvalue weighted by molar-refractivity contribution is 5.42. The van der Waals surface area contributed by atoms with Gasteiger partial charge >= 0.3 is 0 Å². The fraction of sp³-hybridized carbons (Fsp3) is 0.267. The van der Waals surface area contributed by atoms with Crippen LogP contribution in [0.4, 0.5) is 14.6 Å². The van der Waals surface area contributed by atoms with Gasteiger partial charge < -0.3 is 15.2 Å². The molecular formula is C15H16F2N2O2. The molecule has 0 spiro atoms. The predicted octanol–water partition coefficient (Wildman–Crippen LogP) is 3.12. The van der Waals surface area contributed by atoms with Gasteiger partial charge in [-0.15, -0.1) is 0 Å². The maximum absolute atomic E-state index is 13.8. The highest BCUT2D eigenvalue weighted by atomic mass is 19.1. The molecule has 0 saturated carbocycles. The molecule has 0 bridgehead atoms. The summed E-state index contributed by atoms with van der Waals surface area (Å²) >= 11 is 0. The first-order valence-corrected chi connectivity index (χ1v) is 6.62. The Morgan fingerprint density at radius 1 is 1.24 bits per heavy atom. The summed E-state index contributed by atoms with van der Waals surface area (Å²) in [4.78, 5) is 3.81. The van der Waals surface area contributed by atoms with Gasteiger partial charge in [0, 0.05) is 19.2 Å². The summed E-state index contributed by atoms with van der Waals surface area (Å²) in [5, 5.41) is 11.7. The average molecular weight is 294 g/mol. The molecule has 4 nitrogen and oxygen atoms in total. The number of hydrogen-bond donors (Lipinski definition) is 2. The topological polar surface area (TPSA) is 54.4 Å². The zero-order chi connectivity index (χ0) is 15.2. The predicted molar refractivity (Wildman–Crippen MR) is 75.6 cm³/mol. The van der Waals surface area contributed by atoms with Crippen molar-refractivity contribution in [3.63, 3.8) is 0 Å². The van der Waals surface area contributed by atoms with Gasteiger partial charge in [-0.3, -0.25) is 0 Å². The largest absolute Gasteiger partial charge is 0.436 e. The van der Waals surface area contributed by atoms with E-state index in [0.717, 1.165) is 11.6 Å². The summed E-state index contributed by atoms with van der Waals surface area (Å²) in [5.74, 6) is -1.64. The van der Waals surface area contributed by atoms with E-state index < -0.39 is 11.6 Å². The fourth-order valence-corrected chi connectivity index (χ4v) is 1.85. The van der Waals surface area contributed by atoms with Gasteiger partial charge in [-0.1, -0.05) is 18.2 Å². The van der Waals surface area contributed by atoms with E-state index >= 15 is 0 Å². The van der Waals surface area contributed by atoms with Gasteiger partial charge in [0.15, 0.2) is 17.5 Å². The van der Waals surface area contributed by atoms with E-state index in [2.05, 4.69) is 10.3 Å². The molecule has 2 aromatic rings. The van der Waals surface area contributed by atoms with E-state index in [-0.39, 0.29) is 18.3 Å². The molecule has 1 heterocycles. The van der Waals surface area contributed by atoms with Gasteiger partial charge in [0.2, 0.25) is 0 Å². The van der Waals surface area contributed by atoms with E-state index in [1.807, 2.05) is 0 Å². The zero-order valence-electron chi connectivity index (χ0n) is 11.6. The molecular weight excluding hydrogens is 278 g/mol. The van der Waals surface area contributed by atoms with Crippen molar-refractivity contribution in [2.45, 2.75) is 13.3 Å². The van der Waals surface area contributed by atoms with Crippen LogP contribution in [0.1, 0.15) is 12.5 Å². The number of rotatable bonds is 6. The normalized spacial score (nSPS) is 10.5. The number of ether oxygens (including phenoxy) is 1. The van der Waals surface area contributed by atoms with Crippen molar-refractivity contribution >= 4 is 5.82 Å². The third kappa shape index (κ3) is 3.66. The molecule has 2 rings (SSSR count). The van der Waals surface area contributed by atoms with Crippen molar-refractivity contribution in [3.8, 4) is 11.6 Å². The third-order valence-corrected chi connectivity index (χ3v) is 2.80. The van der Waals surface area contributed by atoms with Crippen LogP contribution >= 0.6 is 0 Å². The van der Waals surface area contributed by atoms with E-state index in [1.165, 1.54) is 0 Å². The first-order valence-electron chi connectivity index (χ1n) is 6.62. The summed E-state index contributed by atoms with van der Waals surface area (Å²) < 4.78 is 32.7. The van der Waals surface area contributed by atoms with Crippen LogP contribution < -0.4 is 10.1 Å². The van der Waals surface area contributed by atoms with Crippen molar-refractivity contribution in [1.29, 1.82) is 0 Å². The second-order valence-corrected chi connectivity index (χ2v) is 4.32. The average Bonchev–Trinajstić information content (AvgIpc) is 2.46. The number of hydrogen-bond acceptors (Lipinski definition) is 4. The first-order chi connectivity index (χ1) is 10.2. The molecule has 0 fully saturated rings. The van der Waals surface area contributed by atoms with Crippen LogP contribution in [0.3, 0.4) is 0 Å². The number of para-hydroxylation sites is 1. The summed E-state index contributed by atoms with van der Waals surface area (Å²) in [6, 6.07) is 7.65. The molecule has 0 amide bonds. The Hall–Kier alpha value is -2.21. The van der Waals surface area contributed by atoms with Gasteiger partial charge in [0.05, 0.1) is 0 Å². The van der Waals surface area contributed by atoms with Crippen molar-refractivity contribution in [1.82, 2.24) is 4.98 Å². The van der Waals surface area contributed by atoms with E-state index in [9.17, 15) is 8.78 Å². The van der Waals surface area contributed by atoms with Gasteiger partial charge in [-0.25, -0.2) is 8.78 Å². The molecule has 0 saturated heterocycles. The number of aliphatic hydroxyl groups is 1. The second-order valence-electron chi connectivity index (χ2n) is 4.32. The Bertz CT molecular complexity index is 621. The molecule has 0 aliphatic heterocycles. The number of nitrogens with zero attached hydrogens (tertiary/aromatic N) is 1. The van der Waals surface area contributed by atoms with Crippen LogP contribution in [0.25, 0.3) is 0 Å². The monoisotopic (exact) mass is 294 g/mol. The van der Waals surface area contributed by atoms with E-state index in [0.29, 0.717) is 18.7 Å². The highest BCUT2D eigenvalue weighted by Crippen LogP contribution is 2.28. The van der Waals surface area contributed by atoms with Crippen molar-refractivity contribution in [3.05, 3.63) is 47.5 Å². The number of aliphatic hydroxyl groups excluding tert-OH is 1. The zero-order valence-corrected chi connectivity index (χ0v) is 11.6. The summed E-state index contributed by atoms with van der Waals surface area (Å²) in [6.45, 7) is 2.18. The minimum atomic E-state index is -0.882. The maximum atomic E-state index is 13.8. The maximum Gasteiger partial charge on any atom is 0.258 e. The SMILES string of the molecule is CCNc1nc(Oc2ccccc2CCO)c(F)cc1F. The summed E-state index contributed by atoms with van der Waals surface area (Å²) in [5.41, 5.74) is 0.718. The molecule has 0 unspecified atom stereocenters. The second kappa shape index (κ2) is 6.99. The summed E-state index contributed by atoms with van der Waals surface area (Å²) in [7, 11) is 0. The van der Waals surface area contributed by atoms with Crippen LogP contribution in [0.2, 0.25) is 0 Å². The smallest absolute Gasteiger partial charge is 0.258 e. The molecule has 2 N–H and O–H groups in total. The van der Waals surface area contributed by atoms with Gasteiger partial charge in [-0.2, -0.15) is 4.98 Å². The van der Waals surface area contributed by atoms with Gasteiger partial charge in [-0.05, 0) is 25.0 Å². The standard InChI is InChI=1S/C15H16F2N2O2/c1-2-18-14-11(16)9-12(17)15(19-14)21-13-6-4-3-5-10(13)7-8-20/h3-6,9,20H,2,7-8H2,1H3,(H,18,19). The number of pyridine rings is 1. The Kier molecular flexibility index (Phi) is 5.05. The Morgan fingerprint density at radius 3 is 2.71 bits per heavy atom. The Morgan fingerprint density at radius 2 is 2.00 bits per heavy atom. The number of aromatic nitrogens is 1. The lowest BCUT2D eigenvalue weighted by atomic mass is 10.1. The van der Waals surface area contributed by atoms with E-state index in [4.69, 9.17) is 9.84 Å². The van der Waals surface area contributed by atoms with E-state index in [1.54, 1.807) is 31.2 Å². The number of nitrogens with one attached hydrogen (secondary N) is 1. The van der Waals surface area contributed by atoms with Crippen molar-refractivity contribution in [2.24, 2.45) is 0 Å². The molecule has 112 valence electrons. The van der Waals surface area contributed by atoms with Crippen molar-refractivity contribution in [2.75, 3.05) is 18.5 Å². The number of anilines is 1. The van der Waals surface area contributed by atoms with Crippen LogP contribution in [-0.4, -0.2) is 23.2 Å². The quantitative estimate of drug-likeness (QED) is 0.859. The number of halogens is 2. The van der Waals surface area contributed by atoms with Crippen LogP contribution in [0.15, 0.2) is 30.3 Å². The molecule has 0 radical (unpaired) electrons. The lowest BCUT2D eigenvalue weighted by molar-refractivity contribution is 0.297. The first kappa shape index (κ1) is 15.2. The number of benzene rings is 1. The Balaban J connectivity index is 2.33. The lowest BCUT2D eigenvalue weighted by Gasteiger charge is -2.12. The highest BCUT2D eigenvalue weighted by Gasteiger charge is 2.14. The van der Waals surface area contributed by atoms with Gasteiger partial charge in [0.1, 0.15) is 5.75 Å². The fourth-order valence-electron chi connectivity index (χ4n) is 1.85. The lowest BCUT2D eigenvalue weighted by Crippen LogP contribution is -2.05. The van der Waals surface area contributed by atoms with Crippen LogP contribution in [0.5, 0.6) is 11.6 Å². The molecule has 6 heteroatoms. The molecule has 0 aliphatic carbocycles. The summed E-state index contributed by atoms with van der Waals surface area (Å²) in [6.07, 6.45) is 0.374. The van der Waals surface area contributed by atoms with Gasteiger partial charge in [0.25, 0.3) is 5.88 Å². The van der Waals surface area contributed by atoms with Crippen LogP contribution in [-0.2, 0) is 6.42 Å². The molecule has 21 heavy (non-hydrogen) atoms. The minimum absolute atomic E-state index is 0.0532. The van der Waals surface area contributed by atoms with Crippen molar-refractivity contribution < 1.29 is 18.6 Å². The molecule has 1 aromatic heterocycles. The molecule has 0 atom stereocenters. The molecule has 1 aromatic carbocycles. The third-order valence-electron chi connectivity index (χ3n) is 2.80. The Labute approximate surface area is 121 Å². The molecule has 0 aliphatic rings. The van der Waals surface area contributed by atoms with Crippen LogP contribution in [0, 0.1) is 11.6 Å².